The van der Waals surface area contributed by atoms with Gasteiger partial charge >= 0.3 is 0 Å². The highest BCUT2D eigenvalue weighted by molar-refractivity contribution is 7.71. The summed E-state index contributed by atoms with van der Waals surface area (Å²) in [6, 6.07) is 18.9. The summed E-state index contributed by atoms with van der Waals surface area (Å²) in [6.45, 7) is 0. The number of nitrogens with zero attached hydrogens (tertiary/aromatic N) is 2. The van der Waals surface area contributed by atoms with Crippen LogP contribution in [-0.2, 0) is 0 Å². The average Bonchev–Trinajstić information content (AvgIpc) is 3.02. The fourth-order valence-corrected chi connectivity index (χ4v) is 3.16. The second kappa shape index (κ2) is 6.07. The molecule has 4 rings (SSSR count). The van der Waals surface area contributed by atoms with Crippen molar-refractivity contribution in [3.63, 3.8) is 0 Å². The number of ether oxygens (including phenoxy) is 1. The second-order valence-electron chi connectivity index (χ2n) is 5.57. The summed E-state index contributed by atoms with van der Waals surface area (Å²) >= 11 is 5.45. The predicted molar refractivity (Wildman–Crippen MR) is 99.9 cm³/mol. The van der Waals surface area contributed by atoms with Gasteiger partial charge in [-0.15, -0.1) is 0 Å². The number of aromatic amines is 1. The fourth-order valence-electron chi connectivity index (χ4n) is 2.93. The highest BCUT2D eigenvalue weighted by atomic mass is 32.1. The van der Waals surface area contributed by atoms with E-state index in [0.717, 1.165) is 22.2 Å². The average molecular weight is 349 g/mol. The van der Waals surface area contributed by atoms with Crippen LogP contribution in [0.1, 0.15) is 0 Å². The molecule has 0 aliphatic heterocycles. The molecule has 6 heteroatoms. The number of phenolic OH excluding ortho intramolecular Hbond substituents is 1. The third-order valence-corrected chi connectivity index (χ3v) is 4.40. The number of aromatic nitrogens is 3. The first kappa shape index (κ1) is 15.4. The first-order chi connectivity index (χ1) is 12.2. The van der Waals surface area contributed by atoms with Crippen molar-refractivity contribution in [2.45, 2.75) is 0 Å². The van der Waals surface area contributed by atoms with Crippen molar-refractivity contribution in [1.29, 1.82) is 0 Å². The zero-order chi connectivity index (χ0) is 17.4. The fraction of sp³-hybridized carbons (Fsp3) is 0.0526. The van der Waals surface area contributed by atoms with Gasteiger partial charge < -0.3 is 9.84 Å². The molecule has 0 spiro atoms. The molecule has 1 heterocycles. The van der Waals surface area contributed by atoms with E-state index in [9.17, 15) is 5.11 Å². The molecular formula is C19H15N3O2S. The Balaban J connectivity index is 2.01. The first-order valence-corrected chi connectivity index (χ1v) is 8.13. The van der Waals surface area contributed by atoms with Crippen LogP contribution < -0.4 is 4.74 Å². The SMILES string of the molecule is COc1ccc2c(-n3c(-c4ccccc4O)n[nH]c3=S)cccc2c1. The lowest BCUT2D eigenvalue weighted by Crippen LogP contribution is -1.99. The van der Waals surface area contributed by atoms with E-state index in [2.05, 4.69) is 10.2 Å². The van der Waals surface area contributed by atoms with Gasteiger partial charge in [-0.05, 0) is 54.0 Å². The summed E-state index contributed by atoms with van der Waals surface area (Å²) in [5.41, 5.74) is 1.50. The molecule has 1 aromatic heterocycles. The van der Waals surface area contributed by atoms with Gasteiger partial charge in [-0.3, -0.25) is 9.67 Å². The molecule has 0 atom stereocenters. The predicted octanol–water partition coefficient (Wildman–Crippen LogP) is 4.46. The van der Waals surface area contributed by atoms with E-state index < -0.39 is 0 Å². The number of nitrogens with one attached hydrogen (secondary N) is 1. The van der Waals surface area contributed by atoms with E-state index in [0.29, 0.717) is 16.2 Å². The topological polar surface area (TPSA) is 63.1 Å². The molecule has 0 aliphatic rings. The van der Waals surface area contributed by atoms with Crippen LogP contribution in [0, 0.1) is 4.77 Å². The monoisotopic (exact) mass is 349 g/mol. The minimum Gasteiger partial charge on any atom is -0.507 e. The molecular weight excluding hydrogens is 334 g/mol. The van der Waals surface area contributed by atoms with Gasteiger partial charge in [0.15, 0.2) is 10.6 Å². The molecule has 0 saturated heterocycles. The maximum atomic E-state index is 10.2. The molecule has 2 N–H and O–H groups in total. The molecule has 25 heavy (non-hydrogen) atoms. The first-order valence-electron chi connectivity index (χ1n) is 7.72. The van der Waals surface area contributed by atoms with Crippen LogP contribution in [0.5, 0.6) is 11.5 Å². The van der Waals surface area contributed by atoms with Crippen molar-refractivity contribution in [3.8, 4) is 28.6 Å². The van der Waals surface area contributed by atoms with E-state index in [1.807, 2.05) is 53.1 Å². The van der Waals surface area contributed by atoms with Crippen LogP contribution >= 0.6 is 12.2 Å². The van der Waals surface area contributed by atoms with Crippen LogP contribution in [0.3, 0.4) is 0 Å². The number of benzene rings is 3. The van der Waals surface area contributed by atoms with Crippen molar-refractivity contribution in [2.24, 2.45) is 0 Å². The molecule has 0 aliphatic carbocycles. The molecule has 0 fully saturated rings. The Kier molecular flexibility index (Phi) is 3.74. The lowest BCUT2D eigenvalue weighted by molar-refractivity contribution is 0.415. The summed E-state index contributed by atoms with van der Waals surface area (Å²) in [7, 11) is 1.65. The third-order valence-electron chi connectivity index (χ3n) is 4.12. The van der Waals surface area contributed by atoms with Gasteiger partial charge in [0, 0.05) is 5.39 Å². The van der Waals surface area contributed by atoms with E-state index in [-0.39, 0.29) is 5.75 Å². The number of aromatic hydroxyl groups is 1. The normalized spacial score (nSPS) is 10.9. The Labute approximate surface area is 149 Å². The van der Waals surface area contributed by atoms with Crippen LogP contribution in [0.15, 0.2) is 60.7 Å². The maximum Gasteiger partial charge on any atom is 0.200 e. The van der Waals surface area contributed by atoms with Crippen molar-refractivity contribution in [3.05, 3.63) is 65.4 Å². The van der Waals surface area contributed by atoms with Gasteiger partial charge in [0.1, 0.15) is 11.5 Å². The van der Waals surface area contributed by atoms with E-state index in [1.54, 1.807) is 19.2 Å². The zero-order valence-electron chi connectivity index (χ0n) is 13.4. The second-order valence-corrected chi connectivity index (χ2v) is 5.96. The number of H-pyrrole nitrogens is 1. The molecule has 0 saturated carbocycles. The van der Waals surface area contributed by atoms with Crippen LogP contribution in [0.2, 0.25) is 0 Å². The molecule has 124 valence electrons. The summed E-state index contributed by atoms with van der Waals surface area (Å²) in [6.07, 6.45) is 0. The maximum absolute atomic E-state index is 10.2. The number of hydrogen-bond acceptors (Lipinski definition) is 4. The van der Waals surface area contributed by atoms with Gasteiger partial charge in [-0.2, -0.15) is 5.10 Å². The number of fused-ring (bicyclic) bond motifs is 1. The largest absolute Gasteiger partial charge is 0.507 e. The molecule has 0 unspecified atom stereocenters. The number of hydrogen-bond donors (Lipinski definition) is 2. The smallest absolute Gasteiger partial charge is 0.200 e. The molecule has 5 nitrogen and oxygen atoms in total. The quantitative estimate of drug-likeness (QED) is 0.536. The Hall–Kier alpha value is -3.12. The molecule has 0 bridgehead atoms. The Morgan fingerprint density at radius 2 is 1.92 bits per heavy atom. The summed E-state index contributed by atoms with van der Waals surface area (Å²) in [5, 5.41) is 19.4. The zero-order valence-corrected chi connectivity index (χ0v) is 14.2. The van der Waals surface area contributed by atoms with Gasteiger partial charge in [-0.25, -0.2) is 0 Å². The summed E-state index contributed by atoms with van der Waals surface area (Å²) < 4.78 is 7.60. The van der Waals surface area contributed by atoms with Crippen LogP contribution in [-0.4, -0.2) is 27.0 Å². The number of methoxy groups -OCH3 is 1. The Morgan fingerprint density at radius 1 is 1.08 bits per heavy atom. The van der Waals surface area contributed by atoms with Crippen LogP contribution in [0.25, 0.3) is 27.8 Å². The highest BCUT2D eigenvalue weighted by Gasteiger charge is 2.15. The number of phenols is 1. The Bertz CT molecular complexity index is 1130. The highest BCUT2D eigenvalue weighted by Crippen LogP contribution is 2.32. The molecule has 0 radical (unpaired) electrons. The van der Waals surface area contributed by atoms with E-state index in [4.69, 9.17) is 17.0 Å². The summed E-state index contributed by atoms with van der Waals surface area (Å²) in [5.74, 6) is 1.51. The van der Waals surface area contributed by atoms with Crippen molar-refractivity contribution in [2.75, 3.05) is 7.11 Å². The lowest BCUT2D eigenvalue weighted by Gasteiger charge is -2.12. The minimum atomic E-state index is 0.152. The van der Waals surface area contributed by atoms with Gasteiger partial charge in [0.2, 0.25) is 0 Å². The van der Waals surface area contributed by atoms with Crippen molar-refractivity contribution >= 4 is 23.0 Å². The molecule has 0 amide bonds. The van der Waals surface area contributed by atoms with Crippen molar-refractivity contribution in [1.82, 2.24) is 14.8 Å². The van der Waals surface area contributed by atoms with Crippen LogP contribution in [0.4, 0.5) is 0 Å². The van der Waals surface area contributed by atoms with Gasteiger partial charge in [0.25, 0.3) is 0 Å². The standard InChI is InChI=1S/C19H15N3O2S/c1-24-13-9-10-14-12(11-13)5-4-7-16(14)22-18(20-21-19(22)25)15-6-2-3-8-17(15)23/h2-11,23H,1H3,(H,21,25). The van der Waals surface area contributed by atoms with E-state index in [1.165, 1.54) is 0 Å². The minimum absolute atomic E-state index is 0.152. The molecule has 4 aromatic rings. The summed E-state index contributed by atoms with van der Waals surface area (Å²) in [4.78, 5) is 0. The number of para-hydroxylation sites is 1. The number of rotatable bonds is 3. The third kappa shape index (κ3) is 2.56. The van der Waals surface area contributed by atoms with Crippen molar-refractivity contribution < 1.29 is 9.84 Å². The van der Waals surface area contributed by atoms with Gasteiger partial charge in [0.05, 0.1) is 18.4 Å². The lowest BCUT2D eigenvalue weighted by atomic mass is 10.1. The molecule has 3 aromatic carbocycles. The van der Waals surface area contributed by atoms with E-state index >= 15 is 0 Å². The van der Waals surface area contributed by atoms with Gasteiger partial charge in [-0.1, -0.05) is 24.3 Å². The Morgan fingerprint density at radius 3 is 2.72 bits per heavy atom.